The van der Waals surface area contributed by atoms with Gasteiger partial charge in [0, 0.05) is 35.6 Å². The van der Waals surface area contributed by atoms with E-state index in [1.807, 2.05) is 46.4 Å². The van der Waals surface area contributed by atoms with Crippen LogP contribution in [0.4, 0.5) is 5.69 Å². The lowest BCUT2D eigenvalue weighted by molar-refractivity contribution is -0.120. The summed E-state index contributed by atoms with van der Waals surface area (Å²) in [6.07, 6.45) is 3.99. The summed E-state index contributed by atoms with van der Waals surface area (Å²) < 4.78 is 7.31. The highest BCUT2D eigenvalue weighted by atomic mass is 32.1. The van der Waals surface area contributed by atoms with Crippen LogP contribution in [0.5, 0.6) is 0 Å². The van der Waals surface area contributed by atoms with Gasteiger partial charge in [0.1, 0.15) is 6.04 Å². The number of fused-ring (bicyclic) bond motifs is 1. The Morgan fingerprint density at radius 1 is 1.39 bits per heavy atom. The van der Waals surface area contributed by atoms with Crippen molar-refractivity contribution in [1.82, 2.24) is 14.7 Å². The van der Waals surface area contributed by atoms with Gasteiger partial charge in [-0.3, -0.25) is 9.20 Å². The van der Waals surface area contributed by atoms with E-state index < -0.39 is 0 Å². The summed E-state index contributed by atoms with van der Waals surface area (Å²) in [7, 11) is 0. The van der Waals surface area contributed by atoms with E-state index in [1.165, 1.54) is 0 Å². The van der Waals surface area contributed by atoms with Crippen LogP contribution in [0.25, 0.3) is 16.2 Å². The van der Waals surface area contributed by atoms with Crippen LogP contribution < -0.4 is 10.6 Å². The number of nitrogens with one attached hydrogen (secondary N) is 2. The Kier molecular flexibility index (Phi) is 3.82. The minimum absolute atomic E-state index is 0.0695. The van der Waals surface area contributed by atoms with Gasteiger partial charge in [0.15, 0.2) is 4.96 Å². The molecule has 2 N–H and O–H groups in total. The number of benzene rings is 1. The van der Waals surface area contributed by atoms with Gasteiger partial charge in [-0.05, 0) is 12.1 Å². The summed E-state index contributed by atoms with van der Waals surface area (Å²) in [5, 5.41) is 8.05. The third-order valence-electron chi connectivity index (χ3n) is 3.78. The minimum atomic E-state index is -0.289. The molecule has 23 heavy (non-hydrogen) atoms. The molecule has 7 heteroatoms. The summed E-state index contributed by atoms with van der Waals surface area (Å²) >= 11 is 1.61. The zero-order valence-electron chi connectivity index (χ0n) is 12.4. The lowest BCUT2D eigenvalue weighted by Gasteiger charge is -2.22. The lowest BCUT2D eigenvalue weighted by Crippen LogP contribution is -2.48. The number of hydrogen-bond acceptors (Lipinski definition) is 5. The lowest BCUT2D eigenvalue weighted by atomic mass is 10.1. The van der Waals surface area contributed by atoms with Crippen molar-refractivity contribution in [3.05, 3.63) is 42.0 Å². The molecule has 4 rings (SSSR count). The molecule has 1 atom stereocenters. The molecule has 0 radical (unpaired) electrons. The Bertz CT molecular complexity index is 790. The van der Waals surface area contributed by atoms with E-state index in [0.717, 1.165) is 21.9 Å². The quantitative estimate of drug-likeness (QED) is 0.771. The number of thiazole rings is 1. The Morgan fingerprint density at radius 2 is 2.26 bits per heavy atom. The van der Waals surface area contributed by atoms with E-state index in [2.05, 4.69) is 15.6 Å². The molecule has 1 aromatic carbocycles. The smallest absolute Gasteiger partial charge is 0.243 e. The zero-order valence-corrected chi connectivity index (χ0v) is 13.2. The molecule has 118 valence electrons. The van der Waals surface area contributed by atoms with E-state index in [9.17, 15) is 4.79 Å². The predicted octanol–water partition coefficient (Wildman–Crippen LogP) is 1.99. The highest BCUT2D eigenvalue weighted by Crippen LogP contribution is 2.23. The average Bonchev–Trinajstić information content (AvgIpc) is 3.18. The number of amides is 1. The fourth-order valence-electron chi connectivity index (χ4n) is 2.55. The van der Waals surface area contributed by atoms with Gasteiger partial charge in [0.05, 0.1) is 18.9 Å². The number of nitrogens with zero attached hydrogens (tertiary/aromatic N) is 2. The third-order valence-corrected chi connectivity index (χ3v) is 4.55. The van der Waals surface area contributed by atoms with E-state index in [4.69, 9.17) is 4.74 Å². The monoisotopic (exact) mass is 328 g/mol. The van der Waals surface area contributed by atoms with Gasteiger partial charge in [-0.15, -0.1) is 11.3 Å². The van der Waals surface area contributed by atoms with Gasteiger partial charge in [0.25, 0.3) is 0 Å². The van der Waals surface area contributed by atoms with Crippen molar-refractivity contribution in [3.8, 4) is 11.3 Å². The van der Waals surface area contributed by atoms with E-state index in [1.54, 1.807) is 11.3 Å². The van der Waals surface area contributed by atoms with Gasteiger partial charge in [0.2, 0.25) is 5.91 Å². The summed E-state index contributed by atoms with van der Waals surface area (Å²) in [6.45, 7) is 1.77. The molecule has 1 amide bonds. The van der Waals surface area contributed by atoms with Crippen LogP contribution >= 0.6 is 11.3 Å². The molecule has 0 spiro atoms. The number of imidazole rings is 1. The largest absolute Gasteiger partial charge is 0.378 e. The summed E-state index contributed by atoms with van der Waals surface area (Å²) in [6, 6.07) is 7.43. The van der Waals surface area contributed by atoms with Crippen molar-refractivity contribution in [1.29, 1.82) is 0 Å². The Balaban J connectivity index is 1.47. The van der Waals surface area contributed by atoms with E-state index >= 15 is 0 Å². The number of carbonyl (C=O) groups is 1. The summed E-state index contributed by atoms with van der Waals surface area (Å²) in [5.41, 5.74) is 2.72. The van der Waals surface area contributed by atoms with Crippen LogP contribution in [0.2, 0.25) is 0 Å². The molecular weight excluding hydrogens is 312 g/mol. The Hall–Kier alpha value is -2.22. The number of anilines is 1. The summed E-state index contributed by atoms with van der Waals surface area (Å²) in [4.78, 5) is 17.7. The maximum atomic E-state index is 12.1. The maximum absolute atomic E-state index is 12.1. The van der Waals surface area contributed by atoms with Gasteiger partial charge in [-0.1, -0.05) is 12.1 Å². The predicted molar refractivity (Wildman–Crippen MR) is 89.7 cm³/mol. The molecule has 3 heterocycles. The van der Waals surface area contributed by atoms with Crippen LogP contribution in [0.1, 0.15) is 0 Å². The molecular formula is C16H16N4O2S. The van der Waals surface area contributed by atoms with Crippen LogP contribution in [0.15, 0.2) is 42.0 Å². The fourth-order valence-corrected chi connectivity index (χ4v) is 3.25. The average molecular weight is 328 g/mol. The summed E-state index contributed by atoms with van der Waals surface area (Å²) in [5.74, 6) is -0.0695. The number of ether oxygens (including phenoxy) is 1. The Morgan fingerprint density at radius 3 is 3.00 bits per heavy atom. The van der Waals surface area contributed by atoms with E-state index in [-0.39, 0.29) is 11.9 Å². The number of aromatic nitrogens is 2. The molecule has 0 aliphatic carbocycles. The molecule has 1 aliphatic rings. The van der Waals surface area contributed by atoms with Crippen LogP contribution in [-0.4, -0.2) is 41.1 Å². The van der Waals surface area contributed by atoms with E-state index in [0.29, 0.717) is 19.8 Å². The second kappa shape index (κ2) is 6.11. The van der Waals surface area contributed by atoms with Crippen molar-refractivity contribution in [3.63, 3.8) is 0 Å². The van der Waals surface area contributed by atoms with Crippen LogP contribution in [-0.2, 0) is 9.53 Å². The van der Waals surface area contributed by atoms with Crippen LogP contribution in [0.3, 0.4) is 0 Å². The Labute approximate surface area is 137 Å². The molecule has 1 aliphatic heterocycles. The van der Waals surface area contributed by atoms with Crippen molar-refractivity contribution >= 4 is 27.9 Å². The molecule has 1 unspecified atom stereocenters. The van der Waals surface area contributed by atoms with Gasteiger partial charge in [-0.2, -0.15) is 0 Å². The third kappa shape index (κ3) is 2.98. The SMILES string of the molecule is O=C(Nc1ccc(-c2cn3ccsc3n2)cc1)C1COCCN1. The first-order chi connectivity index (χ1) is 11.3. The highest BCUT2D eigenvalue weighted by molar-refractivity contribution is 7.15. The zero-order chi connectivity index (χ0) is 15.6. The fraction of sp³-hybridized carbons (Fsp3) is 0.250. The number of morpholine rings is 1. The molecule has 1 fully saturated rings. The normalized spacial score (nSPS) is 18.2. The van der Waals surface area contributed by atoms with Gasteiger partial charge >= 0.3 is 0 Å². The van der Waals surface area contributed by atoms with Crippen molar-refractivity contribution in [2.45, 2.75) is 6.04 Å². The highest BCUT2D eigenvalue weighted by Gasteiger charge is 2.21. The second-order valence-corrected chi connectivity index (χ2v) is 6.24. The van der Waals surface area contributed by atoms with Crippen LogP contribution in [0, 0.1) is 0 Å². The number of carbonyl (C=O) groups excluding carboxylic acids is 1. The topological polar surface area (TPSA) is 67.7 Å². The van der Waals surface area contributed by atoms with Gasteiger partial charge < -0.3 is 15.4 Å². The minimum Gasteiger partial charge on any atom is -0.378 e. The molecule has 1 saturated heterocycles. The molecule has 6 nitrogen and oxygen atoms in total. The molecule has 0 bridgehead atoms. The molecule has 2 aromatic heterocycles. The maximum Gasteiger partial charge on any atom is 0.243 e. The number of rotatable bonds is 3. The first kappa shape index (κ1) is 14.4. The van der Waals surface area contributed by atoms with Crippen molar-refractivity contribution in [2.24, 2.45) is 0 Å². The van der Waals surface area contributed by atoms with Crippen molar-refractivity contribution in [2.75, 3.05) is 25.1 Å². The number of hydrogen-bond donors (Lipinski definition) is 2. The first-order valence-corrected chi connectivity index (χ1v) is 8.32. The van der Waals surface area contributed by atoms with Gasteiger partial charge in [-0.25, -0.2) is 4.98 Å². The van der Waals surface area contributed by atoms with Crippen molar-refractivity contribution < 1.29 is 9.53 Å². The second-order valence-electron chi connectivity index (χ2n) is 5.37. The first-order valence-electron chi connectivity index (χ1n) is 7.44. The molecule has 3 aromatic rings. The standard InChI is InChI=1S/C16H16N4O2S/c21-15(14-10-22-7-5-17-14)18-12-3-1-11(2-4-12)13-9-20-6-8-23-16(20)19-13/h1-4,6,8-9,14,17H,5,7,10H2,(H,18,21). The molecule has 0 saturated carbocycles.